The van der Waals surface area contributed by atoms with Crippen molar-refractivity contribution in [2.45, 2.75) is 19.4 Å². The average molecular weight is 447 g/mol. The SMILES string of the molecule is COc1ccc(N([C@H](C)C(=O)NCCCN2CCN(C)CC2)S(C)(=O)=O)cc1Cl. The second-order valence-electron chi connectivity index (χ2n) is 7.34. The summed E-state index contributed by atoms with van der Waals surface area (Å²) in [5.41, 5.74) is 0.318. The van der Waals surface area contributed by atoms with Gasteiger partial charge in [0.25, 0.3) is 0 Å². The second-order valence-corrected chi connectivity index (χ2v) is 9.61. The summed E-state index contributed by atoms with van der Waals surface area (Å²) in [5, 5.41) is 3.13. The Kier molecular flexibility index (Phi) is 8.57. The van der Waals surface area contributed by atoms with Gasteiger partial charge in [-0.3, -0.25) is 9.10 Å². The Labute approximate surface area is 178 Å². The van der Waals surface area contributed by atoms with E-state index < -0.39 is 16.1 Å². The summed E-state index contributed by atoms with van der Waals surface area (Å²) >= 11 is 6.14. The van der Waals surface area contributed by atoms with Crippen molar-refractivity contribution >= 4 is 33.2 Å². The lowest BCUT2D eigenvalue weighted by molar-refractivity contribution is -0.121. The van der Waals surface area contributed by atoms with Gasteiger partial charge in [0, 0.05) is 32.7 Å². The van der Waals surface area contributed by atoms with Crippen molar-refractivity contribution in [2.75, 3.05) is 64.0 Å². The first-order chi connectivity index (χ1) is 13.6. The molecule has 0 saturated carbocycles. The zero-order chi connectivity index (χ0) is 21.6. The van der Waals surface area contributed by atoms with E-state index in [1.165, 1.54) is 13.2 Å². The molecule has 0 bridgehead atoms. The molecular weight excluding hydrogens is 416 g/mol. The molecule has 1 atom stereocenters. The molecule has 1 aliphatic rings. The van der Waals surface area contributed by atoms with E-state index in [0.29, 0.717) is 18.0 Å². The van der Waals surface area contributed by atoms with E-state index in [4.69, 9.17) is 16.3 Å². The third kappa shape index (κ3) is 6.74. The van der Waals surface area contributed by atoms with Gasteiger partial charge < -0.3 is 19.9 Å². The number of halogens is 1. The van der Waals surface area contributed by atoms with E-state index in [-0.39, 0.29) is 10.9 Å². The summed E-state index contributed by atoms with van der Waals surface area (Å²) in [7, 11) is -0.0982. The summed E-state index contributed by atoms with van der Waals surface area (Å²) < 4.78 is 30.9. The van der Waals surface area contributed by atoms with Gasteiger partial charge in [0.15, 0.2) is 0 Å². The number of rotatable bonds is 9. The number of benzene rings is 1. The summed E-state index contributed by atoms with van der Waals surface area (Å²) in [6.07, 6.45) is 1.89. The highest BCUT2D eigenvalue weighted by molar-refractivity contribution is 7.92. The summed E-state index contributed by atoms with van der Waals surface area (Å²) in [6, 6.07) is 3.73. The minimum Gasteiger partial charge on any atom is -0.495 e. The quantitative estimate of drug-likeness (QED) is 0.575. The molecule has 0 aliphatic carbocycles. The highest BCUT2D eigenvalue weighted by Gasteiger charge is 2.29. The molecule has 1 fully saturated rings. The second kappa shape index (κ2) is 10.5. The number of carbonyl (C=O) groups is 1. The van der Waals surface area contributed by atoms with Crippen LogP contribution in [0.5, 0.6) is 5.75 Å². The molecule has 1 aromatic rings. The topological polar surface area (TPSA) is 82.2 Å². The monoisotopic (exact) mass is 446 g/mol. The smallest absolute Gasteiger partial charge is 0.243 e. The van der Waals surface area contributed by atoms with Crippen LogP contribution in [0.1, 0.15) is 13.3 Å². The Morgan fingerprint density at radius 3 is 2.52 bits per heavy atom. The lowest BCUT2D eigenvalue weighted by Gasteiger charge is -2.32. The fraction of sp³-hybridized carbons (Fsp3) is 0.632. The Hall–Kier alpha value is -1.55. The molecule has 10 heteroatoms. The standard InChI is InChI=1S/C19H31ClN4O4S/c1-15(19(25)21-8-5-9-23-12-10-22(2)11-13-23)24(29(4,26)27)16-6-7-18(28-3)17(20)14-16/h6-7,14-15H,5,8-13H2,1-4H3,(H,21,25)/t15-/m1/s1. The first-order valence-electron chi connectivity index (χ1n) is 9.65. The van der Waals surface area contributed by atoms with Crippen molar-refractivity contribution < 1.29 is 17.9 Å². The third-order valence-electron chi connectivity index (χ3n) is 5.02. The molecule has 8 nitrogen and oxygen atoms in total. The van der Waals surface area contributed by atoms with Crippen molar-refractivity contribution in [2.24, 2.45) is 0 Å². The first-order valence-corrected chi connectivity index (χ1v) is 11.9. The number of nitrogens with zero attached hydrogens (tertiary/aromatic N) is 3. The van der Waals surface area contributed by atoms with Crippen LogP contribution in [-0.2, 0) is 14.8 Å². The molecular formula is C19H31ClN4O4S. The van der Waals surface area contributed by atoms with Crippen molar-refractivity contribution in [3.8, 4) is 5.75 Å². The number of hydrogen-bond acceptors (Lipinski definition) is 6. The molecule has 29 heavy (non-hydrogen) atoms. The average Bonchev–Trinajstić information content (AvgIpc) is 2.65. The summed E-state index contributed by atoms with van der Waals surface area (Å²) in [4.78, 5) is 17.3. The van der Waals surface area contributed by atoms with Crippen molar-refractivity contribution in [1.82, 2.24) is 15.1 Å². The van der Waals surface area contributed by atoms with E-state index in [1.807, 2.05) is 0 Å². The minimum atomic E-state index is -3.69. The van der Waals surface area contributed by atoms with Gasteiger partial charge in [-0.05, 0) is 45.1 Å². The number of methoxy groups -OCH3 is 1. The van der Waals surface area contributed by atoms with Crippen LogP contribution in [0, 0.1) is 0 Å². The zero-order valence-electron chi connectivity index (χ0n) is 17.5. The van der Waals surface area contributed by atoms with Crippen molar-refractivity contribution in [3.63, 3.8) is 0 Å². The molecule has 1 saturated heterocycles. The van der Waals surface area contributed by atoms with Crippen LogP contribution in [0.4, 0.5) is 5.69 Å². The normalized spacial score (nSPS) is 17.0. The molecule has 2 rings (SSSR count). The number of carbonyl (C=O) groups excluding carboxylic acids is 1. The minimum absolute atomic E-state index is 0.276. The fourth-order valence-corrected chi connectivity index (χ4v) is 4.75. The predicted octanol–water partition coefficient (Wildman–Crippen LogP) is 1.26. The van der Waals surface area contributed by atoms with Crippen LogP contribution in [0.15, 0.2) is 18.2 Å². The van der Waals surface area contributed by atoms with Gasteiger partial charge in [-0.15, -0.1) is 0 Å². The third-order valence-corrected chi connectivity index (χ3v) is 6.56. The Balaban J connectivity index is 1.95. The van der Waals surface area contributed by atoms with Gasteiger partial charge in [0.05, 0.1) is 24.1 Å². The molecule has 1 amide bonds. The van der Waals surface area contributed by atoms with Gasteiger partial charge in [-0.25, -0.2) is 8.42 Å². The number of ether oxygens (including phenoxy) is 1. The zero-order valence-corrected chi connectivity index (χ0v) is 19.1. The van der Waals surface area contributed by atoms with E-state index >= 15 is 0 Å². The maximum absolute atomic E-state index is 12.6. The molecule has 1 N–H and O–H groups in total. The number of hydrogen-bond donors (Lipinski definition) is 1. The molecule has 0 unspecified atom stereocenters. The number of sulfonamides is 1. The van der Waals surface area contributed by atoms with Gasteiger partial charge >= 0.3 is 0 Å². The van der Waals surface area contributed by atoms with E-state index in [2.05, 4.69) is 22.2 Å². The molecule has 1 aromatic carbocycles. The van der Waals surface area contributed by atoms with Crippen LogP contribution >= 0.6 is 11.6 Å². The molecule has 164 valence electrons. The van der Waals surface area contributed by atoms with Gasteiger partial charge in [-0.2, -0.15) is 0 Å². The van der Waals surface area contributed by atoms with E-state index in [9.17, 15) is 13.2 Å². The lowest BCUT2D eigenvalue weighted by atomic mass is 10.2. The highest BCUT2D eigenvalue weighted by Crippen LogP contribution is 2.31. The Bertz CT molecular complexity index is 797. The van der Waals surface area contributed by atoms with E-state index in [0.717, 1.165) is 49.7 Å². The van der Waals surface area contributed by atoms with Crippen LogP contribution < -0.4 is 14.4 Å². The number of amides is 1. The summed E-state index contributed by atoms with van der Waals surface area (Å²) in [5.74, 6) is 0.0885. The molecule has 0 aromatic heterocycles. The van der Waals surface area contributed by atoms with E-state index in [1.54, 1.807) is 19.1 Å². The fourth-order valence-electron chi connectivity index (χ4n) is 3.33. The van der Waals surface area contributed by atoms with Gasteiger partial charge in [-0.1, -0.05) is 11.6 Å². The highest BCUT2D eigenvalue weighted by atomic mass is 35.5. The van der Waals surface area contributed by atoms with Gasteiger partial charge in [0.2, 0.25) is 15.9 Å². The molecule has 1 heterocycles. The Morgan fingerprint density at radius 1 is 1.31 bits per heavy atom. The van der Waals surface area contributed by atoms with Crippen molar-refractivity contribution in [1.29, 1.82) is 0 Å². The molecule has 0 radical (unpaired) electrons. The van der Waals surface area contributed by atoms with Crippen LogP contribution in [0.2, 0.25) is 5.02 Å². The number of nitrogens with one attached hydrogen (secondary N) is 1. The van der Waals surface area contributed by atoms with Gasteiger partial charge in [0.1, 0.15) is 11.8 Å². The molecule has 1 aliphatic heterocycles. The number of anilines is 1. The Morgan fingerprint density at radius 2 is 1.97 bits per heavy atom. The number of likely N-dealkylation sites (N-methyl/N-ethyl adjacent to an activating group) is 1. The maximum atomic E-state index is 12.6. The molecule has 0 spiro atoms. The van der Waals surface area contributed by atoms with Crippen molar-refractivity contribution in [3.05, 3.63) is 23.2 Å². The van der Waals surface area contributed by atoms with Crippen LogP contribution in [0.25, 0.3) is 0 Å². The van der Waals surface area contributed by atoms with Crippen LogP contribution in [-0.4, -0.2) is 89.8 Å². The first kappa shape index (κ1) is 23.7. The predicted molar refractivity (Wildman–Crippen MR) is 116 cm³/mol. The van der Waals surface area contributed by atoms with Crippen LogP contribution in [0.3, 0.4) is 0 Å². The number of piperazine rings is 1. The maximum Gasteiger partial charge on any atom is 0.243 e. The lowest BCUT2D eigenvalue weighted by Crippen LogP contribution is -2.48. The largest absolute Gasteiger partial charge is 0.495 e. The summed E-state index contributed by atoms with van der Waals surface area (Å²) in [6.45, 7) is 7.13.